The first-order chi connectivity index (χ1) is 29.3. The molecule has 0 saturated heterocycles. The number of aromatic nitrogens is 7. The predicted octanol–water partition coefficient (Wildman–Crippen LogP) is 12.4. The highest BCUT2D eigenvalue weighted by Gasteiger charge is 2.21. The maximum atomic E-state index is 5.12. The van der Waals surface area contributed by atoms with E-state index in [2.05, 4.69) is 137 Å². The summed E-state index contributed by atoms with van der Waals surface area (Å²) in [5.74, 6) is 1.84. The Labute approximate surface area is 338 Å². The van der Waals surface area contributed by atoms with Gasteiger partial charge in [0.05, 0.1) is 39.5 Å². The molecule has 276 valence electrons. The Hall–Kier alpha value is -8.16. The van der Waals surface area contributed by atoms with Crippen LogP contribution in [-0.2, 0) is 0 Å². The molecule has 8 aromatic carbocycles. The van der Waals surface area contributed by atoms with Gasteiger partial charge in [-0.1, -0.05) is 127 Å². The largest absolute Gasteiger partial charge is 0.309 e. The lowest BCUT2D eigenvalue weighted by atomic mass is 10.0. The summed E-state index contributed by atoms with van der Waals surface area (Å²) in [6, 6.07) is 67.7. The molecule has 4 heterocycles. The molecule has 0 amide bonds. The van der Waals surface area contributed by atoms with Crippen LogP contribution in [0.25, 0.3) is 106 Å². The molecule has 0 fully saturated rings. The Bertz CT molecular complexity index is 3470. The second-order valence-electron chi connectivity index (χ2n) is 14.8. The Morgan fingerprint density at radius 1 is 0.322 bits per heavy atom. The smallest absolute Gasteiger partial charge is 0.238 e. The van der Waals surface area contributed by atoms with Gasteiger partial charge in [-0.2, -0.15) is 15.1 Å². The van der Waals surface area contributed by atoms with Crippen LogP contribution in [0.15, 0.2) is 200 Å². The molecule has 0 saturated carbocycles. The van der Waals surface area contributed by atoms with Gasteiger partial charge < -0.3 is 4.57 Å². The Morgan fingerprint density at radius 3 is 1.47 bits per heavy atom. The highest BCUT2D eigenvalue weighted by Crippen LogP contribution is 2.40. The van der Waals surface area contributed by atoms with Crippen molar-refractivity contribution in [3.63, 3.8) is 0 Å². The highest BCUT2D eigenvalue weighted by atomic mass is 15.3. The van der Waals surface area contributed by atoms with Crippen LogP contribution in [0.3, 0.4) is 0 Å². The first kappa shape index (κ1) is 33.0. The lowest BCUT2D eigenvalue weighted by Gasteiger charge is -2.11. The molecule has 0 atom stereocenters. The molecule has 7 nitrogen and oxygen atoms in total. The molecular formula is C52H33N7. The minimum atomic E-state index is 0.577. The average Bonchev–Trinajstić information content (AvgIpc) is 4.00. The predicted molar refractivity (Wildman–Crippen MR) is 239 cm³/mol. The fraction of sp³-hybridized carbons (Fsp3) is 0. The zero-order valence-corrected chi connectivity index (χ0v) is 31.7. The lowest BCUT2D eigenvalue weighted by Crippen LogP contribution is -2.06. The molecule has 0 spiro atoms. The number of para-hydroxylation sites is 3. The van der Waals surface area contributed by atoms with Crippen molar-refractivity contribution < 1.29 is 0 Å². The van der Waals surface area contributed by atoms with Gasteiger partial charge in [0.25, 0.3) is 0 Å². The van der Waals surface area contributed by atoms with Crippen molar-refractivity contribution in [2.75, 3.05) is 0 Å². The van der Waals surface area contributed by atoms with Crippen molar-refractivity contribution in [3.05, 3.63) is 200 Å². The molecule has 4 aromatic heterocycles. The quantitative estimate of drug-likeness (QED) is 0.169. The Kier molecular flexibility index (Phi) is 7.40. The van der Waals surface area contributed by atoms with Crippen molar-refractivity contribution in [2.24, 2.45) is 0 Å². The molecule has 59 heavy (non-hydrogen) atoms. The second kappa shape index (κ2) is 13.2. The fourth-order valence-electron chi connectivity index (χ4n) is 8.68. The van der Waals surface area contributed by atoms with Gasteiger partial charge in [0, 0.05) is 43.7 Å². The number of benzene rings is 8. The van der Waals surface area contributed by atoms with Gasteiger partial charge in [-0.05, 0) is 77.9 Å². The molecule has 0 aliphatic heterocycles. The summed E-state index contributed by atoms with van der Waals surface area (Å²) in [7, 11) is 0. The van der Waals surface area contributed by atoms with Crippen LogP contribution in [0.1, 0.15) is 0 Å². The molecule has 0 unspecified atom stereocenters. The van der Waals surface area contributed by atoms with E-state index in [-0.39, 0.29) is 0 Å². The summed E-state index contributed by atoms with van der Waals surface area (Å²) in [6.07, 6.45) is 2.01. The summed E-state index contributed by atoms with van der Waals surface area (Å²) in [4.78, 5) is 15.2. The molecule has 0 aliphatic carbocycles. The van der Waals surface area contributed by atoms with Gasteiger partial charge in [-0.25, -0.2) is 9.67 Å². The summed E-state index contributed by atoms with van der Waals surface area (Å²) in [5, 5.41) is 10.6. The molecule has 12 aromatic rings. The van der Waals surface area contributed by atoms with Crippen molar-refractivity contribution >= 4 is 54.5 Å². The zero-order chi connectivity index (χ0) is 38.9. The first-order valence-corrected chi connectivity index (χ1v) is 19.7. The third kappa shape index (κ3) is 5.29. The van der Waals surface area contributed by atoms with Gasteiger partial charge in [-0.15, -0.1) is 0 Å². The van der Waals surface area contributed by atoms with Gasteiger partial charge in [-0.3, -0.25) is 4.57 Å². The molecular weight excluding hydrogens is 723 g/mol. The number of nitrogens with zero attached hydrogens (tertiary/aromatic N) is 7. The maximum absolute atomic E-state index is 5.12. The summed E-state index contributed by atoms with van der Waals surface area (Å²) in [5.41, 5.74) is 11.7. The second-order valence-corrected chi connectivity index (χ2v) is 14.8. The number of hydrogen-bond acceptors (Lipinski definition) is 4. The Morgan fingerprint density at radius 2 is 0.831 bits per heavy atom. The first-order valence-electron chi connectivity index (χ1n) is 19.7. The van der Waals surface area contributed by atoms with E-state index in [1.807, 2.05) is 77.6 Å². The minimum Gasteiger partial charge on any atom is -0.309 e. The van der Waals surface area contributed by atoms with Gasteiger partial charge in [0.2, 0.25) is 5.95 Å². The average molecular weight is 756 g/mol. The third-order valence-corrected chi connectivity index (χ3v) is 11.4. The van der Waals surface area contributed by atoms with Crippen LogP contribution in [0.4, 0.5) is 0 Å². The van der Waals surface area contributed by atoms with Crippen molar-refractivity contribution in [2.45, 2.75) is 0 Å². The van der Waals surface area contributed by atoms with E-state index in [1.165, 1.54) is 10.8 Å². The molecule has 12 rings (SSSR count). The van der Waals surface area contributed by atoms with Crippen LogP contribution in [-0.4, -0.2) is 33.9 Å². The molecule has 0 N–H and O–H groups in total. The normalized spacial score (nSPS) is 11.7. The number of hydrogen-bond donors (Lipinski definition) is 0. The van der Waals surface area contributed by atoms with Crippen molar-refractivity contribution in [3.8, 4) is 51.2 Å². The molecule has 0 bridgehead atoms. The zero-order valence-electron chi connectivity index (χ0n) is 31.7. The molecule has 0 radical (unpaired) electrons. The minimum absolute atomic E-state index is 0.577. The Balaban J connectivity index is 1.05. The molecule has 0 aliphatic rings. The SMILES string of the molecule is c1ccc(-c2nc(-c3ccccc3)nc(-n3c4ccccc4c4cc(-c5ccc6c(c5)c5ccc7c(cnn7-c7ccccc7)c5n6-c5ccccc5)ccc43)n2)cc1. The van der Waals surface area contributed by atoms with Crippen LogP contribution in [0.5, 0.6) is 0 Å². The summed E-state index contributed by atoms with van der Waals surface area (Å²) < 4.78 is 6.58. The van der Waals surface area contributed by atoms with E-state index in [0.29, 0.717) is 17.6 Å². The van der Waals surface area contributed by atoms with Crippen LogP contribution in [0.2, 0.25) is 0 Å². The topological polar surface area (TPSA) is 66.3 Å². The summed E-state index contributed by atoms with van der Waals surface area (Å²) in [6.45, 7) is 0. The molecule has 7 heteroatoms. The maximum Gasteiger partial charge on any atom is 0.238 e. The van der Waals surface area contributed by atoms with E-state index >= 15 is 0 Å². The van der Waals surface area contributed by atoms with E-state index in [0.717, 1.165) is 77.4 Å². The van der Waals surface area contributed by atoms with Crippen LogP contribution < -0.4 is 0 Å². The van der Waals surface area contributed by atoms with E-state index < -0.39 is 0 Å². The standard InChI is InChI=1S/C52H33N7/c1-5-15-34(16-6-1)50-54-51(35-17-7-2-8-18-35)56-52(55-50)58-45-24-14-13-23-40(45)42-31-36(26-29-47(42)58)37-25-28-46-43(32-37)41-27-30-48-44(33-53-59(48)39-21-11-4-12-22-39)49(41)57(46)38-19-9-3-10-20-38/h1-33H. The van der Waals surface area contributed by atoms with Gasteiger partial charge in [0.1, 0.15) is 0 Å². The van der Waals surface area contributed by atoms with Crippen molar-refractivity contribution in [1.82, 2.24) is 33.9 Å². The number of fused-ring (bicyclic) bond motifs is 8. The van der Waals surface area contributed by atoms with E-state index in [9.17, 15) is 0 Å². The van der Waals surface area contributed by atoms with Gasteiger partial charge in [0.15, 0.2) is 11.6 Å². The van der Waals surface area contributed by atoms with E-state index in [4.69, 9.17) is 20.1 Å². The van der Waals surface area contributed by atoms with E-state index in [1.54, 1.807) is 0 Å². The van der Waals surface area contributed by atoms with Crippen molar-refractivity contribution in [1.29, 1.82) is 0 Å². The lowest BCUT2D eigenvalue weighted by molar-refractivity contribution is 0.911. The van der Waals surface area contributed by atoms with Crippen LogP contribution >= 0.6 is 0 Å². The fourth-order valence-corrected chi connectivity index (χ4v) is 8.68. The van der Waals surface area contributed by atoms with Crippen LogP contribution in [0, 0.1) is 0 Å². The monoisotopic (exact) mass is 755 g/mol. The summed E-state index contributed by atoms with van der Waals surface area (Å²) >= 11 is 0. The third-order valence-electron chi connectivity index (χ3n) is 11.4. The number of rotatable bonds is 6. The highest BCUT2D eigenvalue weighted by molar-refractivity contribution is 6.19. The van der Waals surface area contributed by atoms with Gasteiger partial charge >= 0.3 is 0 Å².